The van der Waals surface area contributed by atoms with Crippen LogP contribution in [-0.2, 0) is 17.5 Å². The van der Waals surface area contributed by atoms with Crippen LogP contribution in [0.15, 0.2) is 12.1 Å². The normalized spacial score (nSPS) is 17.9. The van der Waals surface area contributed by atoms with Gasteiger partial charge in [0.15, 0.2) is 5.13 Å². The van der Waals surface area contributed by atoms with Crippen molar-refractivity contribution >= 4 is 22.4 Å². The molecule has 0 saturated carbocycles. The molecule has 1 aliphatic rings. The molecule has 3 rings (SSSR count). The first-order chi connectivity index (χ1) is 13.1. The van der Waals surface area contributed by atoms with E-state index in [-0.39, 0.29) is 17.2 Å². The van der Waals surface area contributed by atoms with Gasteiger partial charge in [-0.25, -0.2) is 9.37 Å². The number of aromatic nitrogens is 1. The lowest BCUT2D eigenvalue weighted by atomic mass is 10.0. The minimum atomic E-state index is -4.67. The second-order valence-corrected chi connectivity index (χ2v) is 8.15. The van der Waals surface area contributed by atoms with Gasteiger partial charge in [0.25, 0.3) is 0 Å². The third-order valence-corrected chi connectivity index (χ3v) is 5.90. The molecule has 0 bridgehead atoms. The van der Waals surface area contributed by atoms with Crippen molar-refractivity contribution in [2.75, 3.05) is 11.9 Å². The summed E-state index contributed by atoms with van der Waals surface area (Å²) in [6.07, 6.45) is -2.57. The lowest BCUT2D eigenvalue weighted by Gasteiger charge is -2.20. The van der Waals surface area contributed by atoms with Crippen LogP contribution in [0.25, 0.3) is 11.3 Å². The number of likely N-dealkylation sites (tertiary alicyclic amines) is 1. The number of benzene rings is 1. The van der Waals surface area contributed by atoms with Crippen LogP contribution in [0.5, 0.6) is 0 Å². The summed E-state index contributed by atoms with van der Waals surface area (Å²) in [6, 6.07) is 2.36. The highest BCUT2D eigenvalue weighted by Crippen LogP contribution is 2.39. The summed E-state index contributed by atoms with van der Waals surface area (Å²) in [5, 5.41) is 2.87. The highest BCUT2D eigenvalue weighted by Gasteiger charge is 2.34. The van der Waals surface area contributed by atoms with Crippen molar-refractivity contribution in [3.8, 4) is 11.3 Å². The zero-order chi connectivity index (χ0) is 20.6. The van der Waals surface area contributed by atoms with E-state index in [1.165, 1.54) is 18.3 Å². The van der Waals surface area contributed by atoms with Crippen LogP contribution in [-0.4, -0.2) is 28.4 Å². The zero-order valence-electron chi connectivity index (χ0n) is 15.8. The predicted octanol–water partition coefficient (Wildman–Crippen LogP) is 5.22. The molecule has 0 spiro atoms. The highest BCUT2D eigenvalue weighted by atomic mass is 32.1. The van der Waals surface area contributed by atoms with Crippen molar-refractivity contribution in [2.24, 2.45) is 0 Å². The largest absolute Gasteiger partial charge is 0.416 e. The number of nitrogens with zero attached hydrogens (tertiary/aromatic N) is 2. The zero-order valence-corrected chi connectivity index (χ0v) is 16.6. The number of carbonyl (C=O) groups excluding carboxylic acids is 1. The standard InChI is InChI=1S/C19H21F4N3OS/c1-10-5-4-6-26(10)9-16-17(25-18(28-16)24-12(3)27)13-7-14(19(21,22)23)11(2)15(20)8-13/h7-8,10H,4-6,9H2,1-3H3,(H,24,25,27)/t10-/m1/s1. The Labute approximate surface area is 164 Å². The van der Waals surface area contributed by atoms with Gasteiger partial charge in [0.1, 0.15) is 5.82 Å². The van der Waals surface area contributed by atoms with Crippen molar-refractivity contribution in [3.05, 3.63) is 34.0 Å². The van der Waals surface area contributed by atoms with Crippen LogP contribution >= 0.6 is 11.3 Å². The van der Waals surface area contributed by atoms with Gasteiger partial charge in [0.05, 0.1) is 11.3 Å². The van der Waals surface area contributed by atoms with Crippen LogP contribution in [0, 0.1) is 12.7 Å². The van der Waals surface area contributed by atoms with Gasteiger partial charge in [-0.05, 0) is 50.9 Å². The monoisotopic (exact) mass is 415 g/mol. The maximum Gasteiger partial charge on any atom is 0.416 e. The number of thiazole rings is 1. The quantitative estimate of drug-likeness (QED) is 0.697. The molecule has 9 heteroatoms. The smallest absolute Gasteiger partial charge is 0.302 e. The van der Waals surface area contributed by atoms with Crippen molar-refractivity contribution in [2.45, 2.75) is 52.4 Å². The van der Waals surface area contributed by atoms with E-state index >= 15 is 0 Å². The third kappa shape index (κ3) is 4.35. The molecule has 1 aliphatic heterocycles. The van der Waals surface area contributed by atoms with Crippen LogP contribution in [0.1, 0.15) is 42.7 Å². The highest BCUT2D eigenvalue weighted by molar-refractivity contribution is 7.16. The van der Waals surface area contributed by atoms with Crippen LogP contribution in [0.2, 0.25) is 0 Å². The Morgan fingerprint density at radius 2 is 2.11 bits per heavy atom. The van der Waals surface area contributed by atoms with E-state index in [1.54, 1.807) is 0 Å². The Kier molecular flexibility index (Phi) is 5.77. The molecular weight excluding hydrogens is 394 g/mol. The fourth-order valence-corrected chi connectivity index (χ4v) is 4.47. The number of hydrogen-bond acceptors (Lipinski definition) is 4. The first kappa shape index (κ1) is 20.7. The molecule has 1 atom stereocenters. The Morgan fingerprint density at radius 1 is 1.39 bits per heavy atom. The van der Waals surface area contributed by atoms with Gasteiger partial charge in [0.2, 0.25) is 5.91 Å². The number of amides is 1. The predicted molar refractivity (Wildman–Crippen MR) is 101 cm³/mol. The summed E-state index contributed by atoms with van der Waals surface area (Å²) in [6.45, 7) is 5.90. The average molecular weight is 415 g/mol. The second-order valence-electron chi connectivity index (χ2n) is 7.06. The minimum absolute atomic E-state index is 0.0603. The van der Waals surface area contributed by atoms with Crippen LogP contribution < -0.4 is 5.32 Å². The number of nitrogens with one attached hydrogen (secondary N) is 1. The van der Waals surface area contributed by atoms with Crippen molar-refractivity contribution < 1.29 is 22.4 Å². The summed E-state index contributed by atoms with van der Waals surface area (Å²) in [5.74, 6) is -1.26. The molecule has 152 valence electrons. The maximum atomic E-state index is 14.3. The molecule has 1 N–H and O–H groups in total. The van der Waals surface area contributed by atoms with Gasteiger partial charge in [-0.2, -0.15) is 13.2 Å². The number of halogens is 4. The van der Waals surface area contributed by atoms with Gasteiger partial charge in [-0.15, -0.1) is 0 Å². The maximum absolute atomic E-state index is 14.3. The van der Waals surface area contributed by atoms with Gasteiger partial charge in [-0.3, -0.25) is 9.69 Å². The molecule has 0 radical (unpaired) electrons. The van der Waals surface area contributed by atoms with E-state index in [4.69, 9.17) is 0 Å². The first-order valence-corrected chi connectivity index (χ1v) is 9.77. The molecule has 1 aromatic heterocycles. The molecule has 4 nitrogen and oxygen atoms in total. The van der Waals surface area contributed by atoms with Crippen molar-refractivity contribution in [1.29, 1.82) is 0 Å². The Balaban J connectivity index is 2.08. The first-order valence-electron chi connectivity index (χ1n) is 8.95. The van der Waals surface area contributed by atoms with E-state index in [2.05, 4.69) is 22.1 Å². The van der Waals surface area contributed by atoms with Crippen LogP contribution in [0.4, 0.5) is 22.7 Å². The topological polar surface area (TPSA) is 45.2 Å². The summed E-state index contributed by atoms with van der Waals surface area (Å²) >= 11 is 1.21. The summed E-state index contributed by atoms with van der Waals surface area (Å²) in [5.41, 5.74) is -1.12. The number of carbonyl (C=O) groups is 1. The number of hydrogen-bond donors (Lipinski definition) is 1. The molecule has 1 amide bonds. The van der Waals surface area contributed by atoms with Gasteiger partial charge in [-0.1, -0.05) is 11.3 Å². The number of alkyl halides is 3. The fraction of sp³-hybridized carbons (Fsp3) is 0.474. The molecule has 0 aliphatic carbocycles. The van der Waals surface area contributed by atoms with E-state index < -0.39 is 23.1 Å². The van der Waals surface area contributed by atoms with Crippen molar-refractivity contribution in [3.63, 3.8) is 0 Å². The lowest BCUT2D eigenvalue weighted by molar-refractivity contribution is -0.138. The van der Waals surface area contributed by atoms with Gasteiger partial charge >= 0.3 is 6.18 Å². The Hall–Kier alpha value is -2.00. The lowest BCUT2D eigenvalue weighted by Crippen LogP contribution is -2.25. The molecule has 1 aromatic carbocycles. The van der Waals surface area contributed by atoms with Gasteiger partial charge < -0.3 is 5.32 Å². The van der Waals surface area contributed by atoms with Crippen molar-refractivity contribution in [1.82, 2.24) is 9.88 Å². The number of anilines is 1. The molecule has 1 fully saturated rings. The van der Waals surface area contributed by atoms with E-state index in [0.29, 0.717) is 22.6 Å². The SMILES string of the molecule is CC(=O)Nc1nc(-c2cc(F)c(C)c(C(F)(F)F)c2)c(CN2CCC[C@H]2C)s1. The Morgan fingerprint density at radius 3 is 2.68 bits per heavy atom. The molecule has 2 aromatic rings. The average Bonchev–Trinajstić information content (AvgIpc) is 3.15. The van der Waals surface area contributed by atoms with E-state index in [1.807, 2.05) is 0 Å². The minimum Gasteiger partial charge on any atom is -0.302 e. The molecule has 2 heterocycles. The van der Waals surface area contributed by atoms with Gasteiger partial charge in [0, 0.05) is 30.0 Å². The summed E-state index contributed by atoms with van der Waals surface area (Å²) < 4.78 is 54.3. The second kappa shape index (κ2) is 7.79. The molecule has 28 heavy (non-hydrogen) atoms. The molecule has 0 unspecified atom stereocenters. The molecule has 1 saturated heterocycles. The Bertz CT molecular complexity index is 894. The summed E-state index contributed by atoms with van der Waals surface area (Å²) in [7, 11) is 0. The third-order valence-electron chi connectivity index (χ3n) is 4.94. The van der Waals surface area contributed by atoms with Crippen LogP contribution in [0.3, 0.4) is 0 Å². The molecular formula is C19H21F4N3OS. The van der Waals surface area contributed by atoms with E-state index in [0.717, 1.165) is 38.4 Å². The number of rotatable bonds is 4. The fourth-order valence-electron chi connectivity index (χ4n) is 3.41. The van der Waals surface area contributed by atoms with E-state index in [9.17, 15) is 22.4 Å². The summed E-state index contributed by atoms with van der Waals surface area (Å²) in [4.78, 5) is 18.6.